The maximum atomic E-state index is 13.3. The lowest BCUT2D eigenvalue weighted by molar-refractivity contribution is 0.416. The standard InChI is InChI=1S/C12H7ClF2O3S/c13-19(16,17)9-6-4-8(5-7-9)18-11-3-1-2-10(14)12(11)15/h1-7H. The molecule has 3 nitrogen and oxygen atoms in total. The van der Waals surface area contributed by atoms with E-state index in [0.717, 1.165) is 6.07 Å². The molecule has 0 fully saturated rings. The fraction of sp³-hybridized carbons (Fsp3) is 0. The average Bonchev–Trinajstić information content (AvgIpc) is 2.35. The second-order valence-electron chi connectivity index (χ2n) is 3.56. The molecule has 0 aliphatic rings. The van der Waals surface area contributed by atoms with E-state index in [1.807, 2.05) is 0 Å². The highest BCUT2D eigenvalue weighted by Crippen LogP contribution is 2.27. The Morgan fingerprint density at radius 3 is 2.21 bits per heavy atom. The van der Waals surface area contributed by atoms with Crippen LogP contribution in [0, 0.1) is 11.6 Å². The van der Waals surface area contributed by atoms with Gasteiger partial charge >= 0.3 is 0 Å². The number of hydrogen-bond donors (Lipinski definition) is 0. The predicted molar refractivity (Wildman–Crippen MR) is 65.9 cm³/mol. The van der Waals surface area contributed by atoms with Crippen molar-refractivity contribution in [3.05, 3.63) is 54.1 Å². The van der Waals surface area contributed by atoms with Crippen LogP contribution in [0.1, 0.15) is 0 Å². The van der Waals surface area contributed by atoms with Crippen molar-refractivity contribution >= 4 is 19.7 Å². The molecule has 19 heavy (non-hydrogen) atoms. The molecule has 0 saturated carbocycles. The molecule has 2 aromatic rings. The van der Waals surface area contributed by atoms with Crippen LogP contribution >= 0.6 is 10.7 Å². The first-order valence-electron chi connectivity index (χ1n) is 5.04. The van der Waals surface area contributed by atoms with E-state index in [0.29, 0.717) is 0 Å². The topological polar surface area (TPSA) is 43.4 Å². The van der Waals surface area contributed by atoms with E-state index in [2.05, 4.69) is 0 Å². The summed E-state index contributed by atoms with van der Waals surface area (Å²) in [4.78, 5) is -0.110. The van der Waals surface area contributed by atoms with Gasteiger partial charge < -0.3 is 4.74 Å². The lowest BCUT2D eigenvalue weighted by Gasteiger charge is -2.07. The fourth-order valence-corrected chi connectivity index (χ4v) is 2.13. The Morgan fingerprint density at radius 2 is 1.63 bits per heavy atom. The van der Waals surface area contributed by atoms with Crippen LogP contribution in [0.25, 0.3) is 0 Å². The van der Waals surface area contributed by atoms with Crippen molar-refractivity contribution in [2.75, 3.05) is 0 Å². The SMILES string of the molecule is O=S(=O)(Cl)c1ccc(Oc2cccc(F)c2F)cc1. The van der Waals surface area contributed by atoms with Gasteiger partial charge in [0.15, 0.2) is 11.6 Å². The third-order valence-corrected chi connectivity index (χ3v) is 3.62. The van der Waals surface area contributed by atoms with Crippen molar-refractivity contribution in [3.63, 3.8) is 0 Å². The smallest absolute Gasteiger partial charge is 0.261 e. The molecular formula is C12H7ClF2O3S. The summed E-state index contributed by atoms with van der Waals surface area (Å²) >= 11 is 0. The molecule has 0 unspecified atom stereocenters. The van der Waals surface area contributed by atoms with Crippen molar-refractivity contribution in [3.8, 4) is 11.5 Å². The van der Waals surface area contributed by atoms with Gasteiger partial charge in [0.1, 0.15) is 5.75 Å². The third kappa shape index (κ3) is 3.21. The van der Waals surface area contributed by atoms with Crippen LogP contribution < -0.4 is 4.74 Å². The Balaban J connectivity index is 2.27. The van der Waals surface area contributed by atoms with Gasteiger partial charge in [-0.15, -0.1) is 0 Å². The van der Waals surface area contributed by atoms with E-state index in [9.17, 15) is 17.2 Å². The summed E-state index contributed by atoms with van der Waals surface area (Å²) in [5.74, 6) is -2.27. The van der Waals surface area contributed by atoms with Crippen molar-refractivity contribution in [1.29, 1.82) is 0 Å². The van der Waals surface area contributed by atoms with Gasteiger partial charge in [-0.3, -0.25) is 0 Å². The Hall–Kier alpha value is -1.66. The van der Waals surface area contributed by atoms with Gasteiger partial charge in [-0.25, -0.2) is 12.8 Å². The molecule has 0 aromatic heterocycles. The summed E-state index contributed by atoms with van der Waals surface area (Å²) < 4.78 is 53.4. The zero-order chi connectivity index (χ0) is 14.0. The largest absolute Gasteiger partial charge is 0.454 e. The summed E-state index contributed by atoms with van der Waals surface area (Å²) in [5.41, 5.74) is 0. The van der Waals surface area contributed by atoms with Crippen LogP contribution in [0.4, 0.5) is 8.78 Å². The molecule has 0 amide bonds. The minimum atomic E-state index is -3.82. The van der Waals surface area contributed by atoms with Crippen LogP contribution in [0.15, 0.2) is 47.4 Å². The first-order valence-corrected chi connectivity index (χ1v) is 7.35. The van der Waals surface area contributed by atoms with Crippen LogP contribution in [0.2, 0.25) is 0 Å². The Morgan fingerprint density at radius 1 is 1.00 bits per heavy atom. The molecule has 0 spiro atoms. The highest BCUT2D eigenvalue weighted by molar-refractivity contribution is 8.13. The van der Waals surface area contributed by atoms with Crippen LogP contribution in [-0.2, 0) is 9.05 Å². The zero-order valence-electron chi connectivity index (χ0n) is 9.31. The maximum absolute atomic E-state index is 13.3. The van der Waals surface area contributed by atoms with Crippen molar-refractivity contribution in [1.82, 2.24) is 0 Å². The molecule has 100 valence electrons. The summed E-state index contributed by atoms with van der Waals surface area (Å²) in [5, 5.41) is 0. The van der Waals surface area contributed by atoms with Gasteiger partial charge in [0.2, 0.25) is 5.82 Å². The van der Waals surface area contributed by atoms with Crippen LogP contribution in [0.3, 0.4) is 0 Å². The van der Waals surface area contributed by atoms with E-state index in [-0.39, 0.29) is 16.4 Å². The van der Waals surface area contributed by atoms with Gasteiger partial charge in [0.25, 0.3) is 9.05 Å². The molecule has 0 heterocycles. The second kappa shape index (κ2) is 5.14. The van der Waals surface area contributed by atoms with Gasteiger partial charge in [-0.05, 0) is 36.4 Å². The number of ether oxygens (including phenoxy) is 1. The lowest BCUT2D eigenvalue weighted by Crippen LogP contribution is -1.93. The zero-order valence-corrected chi connectivity index (χ0v) is 10.9. The number of rotatable bonds is 3. The quantitative estimate of drug-likeness (QED) is 0.812. The summed E-state index contributed by atoms with van der Waals surface area (Å²) in [7, 11) is 1.31. The average molecular weight is 305 g/mol. The van der Waals surface area contributed by atoms with Crippen molar-refractivity contribution in [2.45, 2.75) is 4.90 Å². The van der Waals surface area contributed by atoms with E-state index >= 15 is 0 Å². The summed E-state index contributed by atoms with van der Waals surface area (Å²) in [6.45, 7) is 0. The van der Waals surface area contributed by atoms with Gasteiger partial charge in [0, 0.05) is 10.7 Å². The molecule has 7 heteroatoms. The maximum Gasteiger partial charge on any atom is 0.261 e. The Kier molecular flexibility index (Phi) is 3.73. The molecule has 0 N–H and O–H groups in total. The molecule has 2 rings (SSSR count). The highest BCUT2D eigenvalue weighted by atomic mass is 35.7. The lowest BCUT2D eigenvalue weighted by atomic mass is 10.3. The van der Waals surface area contributed by atoms with E-state index in [1.165, 1.54) is 36.4 Å². The van der Waals surface area contributed by atoms with Gasteiger partial charge in [-0.2, -0.15) is 4.39 Å². The number of hydrogen-bond acceptors (Lipinski definition) is 3. The molecule has 0 aliphatic carbocycles. The van der Waals surface area contributed by atoms with Crippen molar-refractivity contribution < 1.29 is 21.9 Å². The predicted octanol–water partition coefficient (Wildman–Crippen LogP) is 3.68. The summed E-state index contributed by atoms with van der Waals surface area (Å²) in [6, 6.07) is 8.50. The monoisotopic (exact) mass is 304 g/mol. The number of halogens is 3. The molecule has 0 atom stereocenters. The van der Waals surface area contributed by atoms with Crippen molar-refractivity contribution in [2.24, 2.45) is 0 Å². The van der Waals surface area contributed by atoms with Gasteiger partial charge in [0.05, 0.1) is 4.90 Å². The minimum Gasteiger partial charge on any atom is -0.454 e. The highest BCUT2D eigenvalue weighted by Gasteiger charge is 2.12. The van der Waals surface area contributed by atoms with Crippen LogP contribution in [-0.4, -0.2) is 8.42 Å². The fourth-order valence-electron chi connectivity index (χ4n) is 1.36. The second-order valence-corrected chi connectivity index (χ2v) is 6.13. The van der Waals surface area contributed by atoms with Gasteiger partial charge in [-0.1, -0.05) is 6.07 Å². The summed E-state index contributed by atoms with van der Waals surface area (Å²) in [6.07, 6.45) is 0. The van der Waals surface area contributed by atoms with E-state index < -0.39 is 20.7 Å². The Bertz CT molecular complexity index is 699. The first kappa shape index (κ1) is 13.8. The minimum absolute atomic E-state index is 0.110. The molecule has 0 bridgehead atoms. The number of benzene rings is 2. The molecule has 2 aromatic carbocycles. The van der Waals surface area contributed by atoms with E-state index in [4.69, 9.17) is 15.4 Å². The molecule has 0 saturated heterocycles. The molecular weight excluding hydrogens is 298 g/mol. The normalized spacial score (nSPS) is 11.3. The van der Waals surface area contributed by atoms with Crippen LogP contribution in [0.5, 0.6) is 11.5 Å². The first-order chi connectivity index (χ1) is 8.88. The third-order valence-electron chi connectivity index (χ3n) is 2.25. The van der Waals surface area contributed by atoms with E-state index in [1.54, 1.807) is 0 Å². The molecule has 0 aliphatic heterocycles. The molecule has 0 radical (unpaired) electrons. The Labute approximate surface area is 112 Å².